The highest BCUT2D eigenvalue weighted by atomic mass is 32.2. The molecule has 0 spiro atoms. The number of likely N-dealkylation sites (tertiary alicyclic amines) is 1. The van der Waals surface area contributed by atoms with Crippen LogP contribution in [0.2, 0.25) is 0 Å². The highest BCUT2D eigenvalue weighted by Crippen LogP contribution is 2.30. The number of alkyl halides is 3. The molecule has 10 heteroatoms. The van der Waals surface area contributed by atoms with Crippen LogP contribution in [0, 0.1) is 0 Å². The first-order valence-corrected chi connectivity index (χ1v) is 12.4. The van der Waals surface area contributed by atoms with Crippen LogP contribution in [0.4, 0.5) is 13.2 Å². The maximum atomic E-state index is 12.8. The quantitative estimate of drug-likeness (QED) is 0.375. The summed E-state index contributed by atoms with van der Waals surface area (Å²) in [5.74, 6) is -0.849. The van der Waals surface area contributed by atoms with Gasteiger partial charge >= 0.3 is 12.1 Å². The zero-order valence-corrected chi connectivity index (χ0v) is 19.2. The molecule has 34 heavy (non-hydrogen) atoms. The summed E-state index contributed by atoms with van der Waals surface area (Å²) in [5, 5.41) is 8.77. The van der Waals surface area contributed by atoms with E-state index in [1.807, 2.05) is 42.5 Å². The van der Waals surface area contributed by atoms with Gasteiger partial charge in [0.1, 0.15) is 0 Å². The van der Waals surface area contributed by atoms with Crippen molar-refractivity contribution in [3.63, 3.8) is 0 Å². The number of aliphatic carboxylic acids is 1. The molecule has 0 aliphatic carbocycles. The fraction of sp³-hybridized carbons (Fsp3) is 0.375. The number of carboxylic acid groups (broad SMARTS) is 1. The van der Waals surface area contributed by atoms with Crippen molar-refractivity contribution in [2.75, 3.05) is 6.54 Å². The van der Waals surface area contributed by atoms with Crippen LogP contribution in [0.25, 0.3) is 0 Å². The third-order valence-electron chi connectivity index (χ3n) is 5.61. The van der Waals surface area contributed by atoms with E-state index >= 15 is 0 Å². The normalized spacial score (nSPS) is 19.6. The number of halogens is 3. The lowest BCUT2D eigenvalue weighted by atomic mass is 10.1. The molecule has 2 aromatic rings. The second-order valence-electron chi connectivity index (χ2n) is 8.27. The Balaban J connectivity index is 1.69. The number of sulfonamides is 1. The van der Waals surface area contributed by atoms with Crippen molar-refractivity contribution in [3.8, 4) is 0 Å². The number of benzene rings is 2. The van der Waals surface area contributed by atoms with E-state index in [9.17, 15) is 26.4 Å². The molecule has 184 valence electrons. The Morgan fingerprint density at radius 2 is 1.79 bits per heavy atom. The van der Waals surface area contributed by atoms with Crippen molar-refractivity contribution < 1.29 is 31.5 Å². The predicted molar refractivity (Wildman–Crippen MR) is 121 cm³/mol. The monoisotopic (exact) mass is 496 g/mol. The lowest BCUT2D eigenvalue weighted by molar-refractivity contribution is -0.138. The van der Waals surface area contributed by atoms with E-state index in [1.165, 1.54) is 0 Å². The van der Waals surface area contributed by atoms with Gasteiger partial charge in [-0.3, -0.25) is 9.69 Å². The molecule has 0 radical (unpaired) electrons. The molecule has 0 aromatic heterocycles. The number of carbonyl (C=O) groups is 1. The third kappa shape index (κ3) is 7.41. The minimum absolute atomic E-state index is 0.0645. The Morgan fingerprint density at radius 1 is 1.12 bits per heavy atom. The number of nitrogens with zero attached hydrogens (tertiary/aromatic N) is 1. The van der Waals surface area contributed by atoms with Crippen molar-refractivity contribution >= 4 is 16.0 Å². The maximum Gasteiger partial charge on any atom is 0.416 e. The van der Waals surface area contributed by atoms with E-state index in [1.54, 1.807) is 0 Å². The number of unbranched alkanes of at least 4 members (excludes halogenated alkanes) is 1. The first-order chi connectivity index (χ1) is 16.0. The van der Waals surface area contributed by atoms with Crippen molar-refractivity contribution in [1.29, 1.82) is 0 Å². The Bertz CT molecular complexity index is 1090. The van der Waals surface area contributed by atoms with Crippen molar-refractivity contribution in [1.82, 2.24) is 9.62 Å². The largest absolute Gasteiger partial charge is 0.481 e. The molecule has 0 unspecified atom stereocenters. The van der Waals surface area contributed by atoms with Crippen LogP contribution < -0.4 is 4.72 Å². The van der Waals surface area contributed by atoms with Gasteiger partial charge in [-0.1, -0.05) is 42.5 Å². The summed E-state index contributed by atoms with van der Waals surface area (Å²) >= 11 is 0. The molecule has 3 rings (SSSR count). The maximum absolute atomic E-state index is 12.8. The van der Waals surface area contributed by atoms with Crippen LogP contribution in [0.1, 0.15) is 36.8 Å². The van der Waals surface area contributed by atoms with E-state index in [-0.39, 0.29) is 17.4 Å². The van der Waals surface area contributed by atoms with Gasteiger partial charge in [0.2, 0.25) is 10.0 Å². The molecule has 0 saturated carbocycles. The van der Waals surface area contributed by atoms with Crippen molar-refractivity contribution in [3.05, 3.63) is 77.9 Å². The third-order valence-corrected chi connectivity index (χ3v) is 7.15. The van der Waals surface area contributed by atoms with E-state index in [2.05, 4.69) is 9.62 Å². The average Bonchev–Trinajstić information content (AvgIpc) is 3.13. The van der Waals surface area contributed by atoms with Gasteiger partial charge in [-0.2, -0.15) is 13.2 Å². The molecule has 1 aliphatic rings. The SMILES string of the molecule is O=C(O)CCCC=C[C@@H]1C[C@@H](NS(=O)(=O)c2ccc(C(F)(F)F)cc2)CN1Cc1ccccc1. The standard InChI is InChI=1S/C24H27F3N2O4S/c25-24(26,27)19-11-13-22(14-12-19)34(32,33)28-20-15-21(9-5-2-6-10-23(30)31)29(17-20)16-18-7-3-1-4-8-18/h1,3-5,7-9,11-14,20-21,28H,2,6,10,15-17H2,(H,30,31)/t20-,21-/m1/s1. The second-order valence-corrected chi connectivity index (χ2v) is 9.99. The summed E-state index contributed by atoms with van der Waals surface area (Å²) in [5.41, 5.74) is 0.160. The highest BCUT2D eigenvalue weighted by molar-refractivity contribution is 7.89. The summed E-state index contributed by atoms with van der Waals surface area (Å²) in [4.78, 5) is 12.6. The van der Waals surface area contributed by atoms with Gasteiger partial charge in [-0.05, 0) is 49.1 Å². The smallest absolute Gasteiger partial charge is 0.416 e. The van der Waals surface area contributed by atoms with Crippen LogP contribution in [0.3, 0.4) is 0 Å². The minimum Gasteiger partial charge on any atom is -0.481 e. The molecule has 1 saturated heterocycles. The number of carboxylic acids is 1. The zero-order chi connectivity index (χ0) is 24.8. The molecule has 2 atom stereocenters. The molecule has 2 N–H and O–H groups in total. The summed E-state index contributed by atoms with van der Waals surface area (Å²) in [7, 11) is -4.00. The zero-order valence-electron chi connectivity index (χ0n) is 18.4. The van der Waals surface area contributed by atoms with Gasteiger partial charge < -0.3 is 5.11 Å². The van der Waals surface area contributed by atoms with E-state index < -0.39 is 33.8 Å². The van der Waals surface area contributed by atoms with Crippen LogP contribution in [0.5, 0.6) is 0 Å². The van der Waals surface area contributed by atoms with E-state index in [4.69, 9.17) is 5.11 Å². The van der Waals surface area contributed by atoms with E-state index in [0.29, 0.717) is 32.4 Å². The number of hydrogen-bond donors (Lipinski definition) is 2. The molecular formula is C24H27F3N2O4S. The summed E-state index contributed by atoms with van der Waals surface area (Å²) in [6.45, 7) is 1.03. The lowest BCUT2D eigenvalue weighted by Crippen LogP contribution is -2.37. The number of nitrogens with one attached hydrogen (secondary N) is 1. The fourth-order valence-electron chi connectivity index (χ4n) is 3.95. The molecule has 1 fully saturated rings. The Labute approximate surface area is 197 Å². The molecule has 0 bridgehead atoms. The van der Waals surface area contributed by atoms with Crippen LogP contribution in [0.15, 0.2) is 71.6 Å². The van der Waals surface area contributed by atoms with Crippen LogP contribution in [-0.2, 0) is 27.5 Å². The topological polar surface area (TPSA) is 86.7 Å². The first-order valence-electron chi connectivity index (χ1n) is 10.9. The van der Waals surface area contributed by atoms with Gasteiger partial charge in [0, 0.05) is 31.6 Å². The van der Waals surface area contributed by atoms with Crippen LogP contribution >= 0.6 is 0 Å². The molecule has 6 nitrogen and oxygen atoms in total. The minimum atomic E-state index is -4.54. The second kappa shape index (κ2) is 11.2. The molecule has 1 aliphatic heterocycles. The van der Waals surface area contributed by atoms with Crippen molar-refractivity contribution in [2.24, 2.45) is 0 Å². The summed E-state index contributed by atoms with van der Waals surface area (Å²) in [6, 6.07) is 12.7. The van der Waals surface area contributed by atoms with Crippen LogP contribution in [-0.4, -0.2) is 43.0 Å². The van der Waals surface area contributed by atoms with Gasteiger partial charge in [0.25, 0.3) is 0 Å². The average molecular weight is 497 g/mol. The highest BCUT2D eigenvalue weighted by Gasteiger charge is 2.34. The lowest BCUT2D eigenvalue weighted by Gasteiger charge is -2.22. The first kappa shape index (κ1) is 25.9. The molecular weight excluding hydrogens is 469 g/mol. The predicted octanol–water partition coefficient (Wildman–Crippen LogP) is 4.44. The van der Waals surface area contributed by atoms with Gasteiger partial charge in [0.15, 0.2) is 0 Å². The molecule has 0 amide bonds. The fourth-order valence-corrected chi connectivity index (χ4v) is 5.19. The van der Waals surface area contributed by atoms with Crippen molar-refractivity contribution in [2.45, 2.75) is 55.4 Å². The Hall–Kier alpha value is -2.69. The van der Waals surface area contributed by atoms with Gasteiger partial charge in [-0.25, -0.2) is 13.1 Å². The number of rotatable bonds is 10. The molecule has 2 aromatic carbocycles. The number of allylic oxidation sites excluding steroid dienone is 1. The number of hydrogen-bond acceptors (Lipinski definition) is 4. The van der Waals surface area contributed by atoms with Gasteiger partial charge in [0.05, 0.1) is 10.5 Å². The summed E-state index contributed by atoms with van der Waals surface area (Å²) < 4.78 is 66.6. The molecule has 1 heterocycles. The Morgan fingerprint density at radius 3 is 2.41 bits per heavy atom. The Kier molecular flexibility index (Phi) is 8.51. The van der Waals surface area contributed by atoms with E-state index in [0.717, 1.165) is 29.8 Å². The van der Waals surface area contributed by atoms with Gasteiger partial charge in [-0.15, -0.1) is 0 Å². The summed E-state index contributed by atoms with van der Waals surface area (Å²) in [6.07, 6.45) is 1.03.